The molecule has 1 rings (SSSR count). The van der Waals surface area contributed by atoms with Crippen molar-refractivity contribution in [2.75, 3.05) is 0 Å². The number of hydrogen-bond acceptors (Lipinski definition) is 1. The lowest BCUT2D eigenvalue weighted by atomic mass is 9.86. The molecule has 1 heteroatoms. The van der Waals surface area contributed by atoms with Crippen LogP contribution in [0.3, 0.4) is 0 Å². The third-order valence-electron chi connectivity index (χ3n) is 2.66. The molecular weight excluding hydrogens is 172 g/mol. The molecule has 1 nitrogen and oxygen atoms in total. The lowest BCUT2D eigenvalue weighted by Gasteiger charge is -2.18. The zero-order chi connectivity index (χ0) is 10.6. The number of carbonyl (C=O) groups excluding carboxylic acids is 1. The largest absolute Gasteiger partial charge is 0.303 e. The van der Waals surface area contributed by atoms with E-state index >= 15 is 0 Å². The van der Waals surface area contributed by atoms with Gasteiger partial charge in [0, 0.05) is 6.42 Å². The van der Waals surface area contributed by atoms with E-state index in [0.717, 1.165) is 6.29 Å². The van der Waals surface area contributed by atoms with Crippen LogP contribution in [0.15, 0.2) is 24.3 Å². The van der Waals surface area contributed by atoms with Gasteiger partial charge in [-0.3, -0.25) is 0 Å². The van der Waals surface area contributed by atoms with Crippen molar-refractivity contribution in [1.82, 2.24) is 0 Å². The van der Waals surface area contributed by atoms with Gasteiger partial charge in [-0.25, -0.2) is 0 Å². The average Bonchev–Trinajstić information content (AvgIpc) is 2.15. The summed E-state index contributed by atoms with van der Waals surface area (Å²) in [4.78, 5) is 10.6. The fourth-order valence-corrected chi connectivity index (χ4v) is 1.71. The number of aldehydes is 1. The number of benzene rings is 1. The van der Waals surface area contributed by atoms with Crippen LogP contribution in [-0.4, -0.2) is 6.29 Å². The van der Waals surface area contributed by atoms with Gasteiger partial charge >= 0.3 is 0 Å². The summed E-state index contributed by atoms with van der Waals surface area (Å²) in [5.41, 5.74) is 2.54. The highest BCUT2D eigenvalue weighted by molar-refractivity contribution is 5.51. The van der Waals surface area contributed by atoms with Crippen molar-refractivity contribution in [1.29, 1.82) is 0 Å². The lowest BCUT2D eigenvalue weighted by Crippen LogP contribution is -2.07. The van der Waals surface area contributed by atoms with Gasteiger partial charge in [0.25, 0.3) is 0 Å². The first-order valence-electron chi connectivity index (χ1n) is 5.15. The Balaban J connectivity index is 2.87. The maximum absolute atomic E-state index is 10.6. The van der Waals surface area contributed by atoms with E-state index in [9.17, 15) is 4.79 Å². The topological polar surface area (TPSA) is 17.1 Å². The van der Waals surface area contributed by atoms with Crippen LogP contribution in [0.25, 0.3) is 0 Å². The van der Waals surface area contributed by atoms with Crippen molar-refractivity contribution < 1.29 is 4.79 Å². The number of hydrogen-bond donors (Lipinski definition) is 0. The van der Waals surface area contributed by atoms with Gasteiger partial charge in [-0.15, -0.1) is 0 Å². The molecule has 1 aromatic carbocycles. The first kappa shape index (κ1) is 11.0. The van der Waals surface area contributed by atoms with Crippen LogP contribution in [0.1, 0.15) is 37.3 Å². The fraction of sp³-hybridized carbons (Fsp3) is 0.462. The second-order valence-electron chi connectivity index (χ2n) is 4.16. The second-order valence-corrected chi connectivity index (χ2v) is 4.16. The van der Waals surface area contributed by atoms with Gasteiger partial charge in [-0.05, 0) is 24.3 Å². The van der Waals surface area contributed by atoms with Crippen molar-refractivity contribution in [2.24, 2.45) is 5.92 Å². The van der Waals surface area contributed by atoms with Crippen LogP contribution in [0.2, 0.25) is 0 Å². The number of rotatable bonds is 4. The maximum atomic E-state index is 10.6. The summed E-state index contributed by atoms with van der Waals surface area (Å²) in [5, 5.41) is 0. The third kappa shape index (κ3) is 2.69. The molecule has 0 aromatic heterocycles. The molecule has 0 N–H and O–H groups in total. The Morgan fingerprint density at radius 3 is 2.21 bits per heavy atom. The minimum absolute atomic E-state index is 0.369. The molecule has 0 aliphatic heterocycles. The normalized spacial score (nSPS) is 12.9. The van der Waals surface area contributed by atoms with E-state index in [1.54, 1.807) is 0 Å². The van der Waals surface area contributed by atoms with Gasteiger partial charge in [0.05, 0.1) is 0 Å². The molecule has 14 heavy (non-hydrogen) atoms. The van der Waals surface area contributed by atoms with Gasteiger partial charge in [0.1, 0.15) is 6.29 Å². The van der Waals surface area contributed by atoms with Gasteiger partial charge < -0.3 is 4.79 Å². The molecule has 0 aliphatic carbocycles. The molecule has 0 heterocycles. The van der Waals surface area contributed by atoms with Gasteiger partial charge in [-0.2, -0.15) is 0 Å². The molecule has 1 unspecified atom stereocenters. The molecule has 0 fully saturated rings. The molecule has 1 atom stereocenters. The Hall–Kier alpha value is -1.11. The fourth-order valence-electron chi connectivity index (χ4n) is 1.71. The lowest BCUT2D eigenvalue weighted by molar-refractivity contribution is -0.108. The van der Waals surface area contributed by atoms with E-state index in [1.807, 2.05) is 0 Å². The molecule has 0 amide bonds. The van der Waals surface area contributed by atoms with Crippen LogP contribution in [0.4, 0.5) is 0 Å². The molecule has 0 spiro atoms. The van der Waals surface area contributed by atoms with Gasteiger partial charge in [0.2, 0.25) is 0 Å². The minimum atomic E-state index is 0.369. The molecule has 1 aromatic rings. The second kappa shape index (κ2) is 4.94. The summed E-state index contributed by atoms with van der Waals surface area (Å²) < 4.78 is 0. The van der Waals surface area contributed by atoms with E-state index in [1.165, 1.54) is 11.1 Å². The van der Waals surface area contributed by atoms with E-state index in [4.69, 9.17) is 0 Å². The Bertz CT molecular complexity index is 285. The predicted molar refractivity (Wildman–Crippen MR) is 59.4 cm³/mol. The molecule has 0 bridgehead atoms. The Morgan fingerprint density at radius 2 is 1.79 bits per heavy atom. The van der Waals surface area contributed by atoms with Crippen LogP contribution in [-0.2, 0) is 4.79 Å². The van der Waals surface area contributed by atoms with Gasteiger partial charge in [-0.1, -0.05) is 43.7 Å². The molecule has 76 valence electrons. The van der Waals surface area contributed by atoms with E-state index in [-0.39, 0.29) is 0 Å². The quantitative estimate of drug-likeness (QED) is 0.666. The summed E-state index contributed by atoms with van der Waals surface area (Å²) >= 11 is 0. The zero-order valence-corrected chi connectivity index (χ0v) is 9.16. The van der Waals surface area contributed by atoms with Crippen LogP contribution in [0, 0.1) is 12.8 Å². The van der Waals surface area contributed by atoms with E-state index in [2.05, 4.69) is 45.0 Å². The highest BCUT2D eigenvalue weighted by Gasteiger charge is 2.14. The molecule has 0 saturated carbocycles. The average molecular weight is 190 g/mol. The van der Waals surface area contributed by atoms with Crippen molar-refractivity contribution >= 4 is 6.29 Å². The van der Waals surface area contributed by atoms with Crippen LogP contribution in [0.5, 0.6) is 0 Å². The number of carbonyl (C=O) groups is 1. The number of aryl methyl sites for hydroxylation is 1. The maximum Gasteiger partial charge on any atom is 0.120 e. The SMILES string of the molecule is Cc1ccc(C(CC=O)C(C)C)cc1. The van der Waals surface area contributed by atoms with Crippen molar-refractivity contribution in [3.63, 3.8) is 0 Å². The Kier molecular flexibility index (Phi) is 3.87. The smallest absolute Gasteiger partial charge is 0.120 e. The molecule has 0 saturated heterocycles. The molecule has 0 aliphatic rings. The summed E-state index contributed by atoms with van der Waals surface area (Å²) in [5.74, 6) is 0.885. The summed E-state index contributed by atoms with van der Waals surface area (Å²) in [6.07, 6.45) is 1.64. The van der Waals surface area contributed by atoms with Crippen molar-refractivity contribution in [2.45, 2.75) is 33.1 Å². The van der Waals surface area contributed by atoms with Crippen molar-refractivity contribution in [3.05, 3.63) is 35.4 Å². The van der Waals surface area contributed by atoms with Crippen LogP contribution < -0.4 is 0 Å². The third-order valence-corrected chi connectivity index (χ3v) is 2.66. The Morgan fingerprint density at radius 1 is 1.21 bits per heavy atom. The summed E-state index contributed by atoms with van der Waals surface area (Å²) in [6.45, 7) is 6.40. The summed E-state index contributed by atoms with van der Waals surface area (Å²) in [7, 11) is 0. The highest BCUT2D eigenvalue weighted by atomic mass is 16.1. The van der Waals surface area contributed by atoms with Crippen LogP contribution >= 0.6 is 0 Å². The molecular formula is C13H18O. The predicted octanol–water partition coefficient (Wildman–Crippen LogP) is 3.32. The first-order chi connectivity index (χ1) is 6.65. The standard InChI is InChI=1S/C13H18O/c1-10(2)13(8-9-14)12-6-4-11(3)5-7-12/h4-7,9-10,13H,8H2,1-3H3. The minimum Gasteiger partial charge on any atom is -0.303 e. The van der Waals surface area contributed by atoms with E-state index in [0.29, 0.717) is 18.3 Å². The van der Waals surface area contributed by atoms with Crippen molar-refractivity contribution in [3.8, 4) is 0 Å². The van der Waals surface area contributed by atoms with E-state index < -0.39 is 0 Å². The van der Waals surface area contributed by atoms with Gasteiger partial charge in [0.15, 0.2) is 0 Å². The summed E-state index contributed by atoms with van der Waals surface area (Å²) in [6, 6.07) is 8.47. The Labute approximate surface area is 86.1 Å². The highest BCUT2D eigenvalue weighted by Crippen LogP contribution is 2.26. The zero-order valence-electron chi connectivity index (χ0n) is 9.16. The molecule has 0 radical (unpaired) electrons. The monoisotopic (exact) mass is 190 g/mol. The first-order valence-corrected chi connectivity index (χ1v) is 5.15.